The van der Waals surface area contributed by atoms with Gasteiger partial charge >= 0.3 is 0 Å². The average Bonchev–Trinajstić information content (AvgIpc) is 2.99. The number of rotatable bonds is 5. The molecule has 1 amide bonds. The minimum atomic E-state index is -0.212. The molecule has 2 aromatic carbocycles. The van der Waals surface area contributed by atoms with Gasteiger partial charge in [-0.1, -0.05) is 23.7 Å². The van der Waals surface area contributed by atoms with E-state index in [9.17, 15) is 4.79 Å². The van der Waals surface area contributed by atoms with Crippen LogP contribution >= 0.6 is 11.6 Å². The summed E-state index contributed by atoms with van der Waals surface area (Å²) < 4.78 is 7.34. The van der Waals surface area contributed by atoms with E-state index in [0.29, 0.717) is 22.9 Å². The fourth-order valence-electron chi connectivity index (χ4n) is 2.74. The molecule has 0 fully saturated rings. The molecule has 0 aliphatic rings. The normalized spacial score (nSPS) is 10.9. The number of benzene rings is 2. The number of hydroxylamine groups is 2. The van der Waals surface area contributed by atoms with Crippen molar-refractivity contribution in [3.05, 3.63) is 64.8 Å². The van der Waals surface area contributed by atoms with Gasteiger partial charge in [-0.25, -0.2) is 5.06 Å². The van der Waals surface area contributed by atoms with Crippen molar-refractivity contribution in [3.63, 3.8) is 0 Å². The van der Waals surface area contributed by atoms with E-state index in [4.69, 9.17) is 21.2 Å². The third-order valence-electron chi connectivity index (χ3n) is 4.14. The molecule has 0 aliphatic heterocycles. The van der Waals surface area contributed by atoms with Crippen LogP contribution in [0.25, 0.3) is 10.9 Å². The van der Waals surface area contributed by atoms with Crippen LogP contribution in [-0.4, -0.2) is 36.8 Å². The first-order valence-corrected chi connectivity index (χ1v) is 8.14. The van der Waals surface area contributed by atoms with Crippen LogP contribution in [0.1, 0.15) is 15.9 Å². The summed E-state index contributed by atoms with van der Waals surface area (Å²) in [5, 5.41) is 2.73. The lowest BCUT2D eigenvalue weighted by Gasteiger charge is -2.12. The first-order valence-electron chi connectivity index (χ1n) is 7.77. The SMILES string of the molecule is COc1ccc2c(c1)c(C(=O)N(C)OC)cn2Cc1ccc(Cl)cc1. The van der Waals surface area contributed by atoms with Crippen LogP contribution < -0.4 is 4.74 Å². The Morgan fingerprint density at radius 3 is 2.52 bits per heavy atom. The number of hydrogen-bond donors (Lipinski definition) is 0. The summed E-state index contributed by atoms with van der Waals surface area (Å²) in [6, 6.07) is 13.4. The van der Waals surface area contributed by atoms with Crippen LogP contribution in [0.15, 0.2) is 48.7 Å². The number of ether oxygens (including phenoxy) is 1. The van der Waals surface area contributed by atoms with Gasteiger partial charge in [0, 0.05) is 35.7 Å². The van der Waals surface area contributed by atoms with Gasteiger partial charge in [0.1, 0.15) is 5.75 Å². The van der Waals surface area contributed by atoms with Crippen molar-refractivity contribution in [2.45, 2.75) is 6.54 Å². The third-order valence-corrected chi connectivity index (χ3v) is 4.40. The lowest BCUT2D eigenvalue weighted by atomic mass is 10.1. The number of carbonyl (C=O) groups is 1. The molecule has 5 nitrogen and oxygen atoms in total. The van der Waals surface area contributed by atoms with E-state index in [1.165, 1.54) is 12.2 Å². The topological polar surface area (TPSA) is 43.7 Å². The van der Waals surface area contributed by atoms with Gasteiger partial charge in [0.2, 0.25) is 0 Å². The van der Waals surface area contributed by atoms with Crippen molar-refractivity contribution < 1.29 is 14.4 Å². The molecule has 0 unspecified atom stereocenters. The Kier molecular flexibility index (Phi) is 4.97. The molecule has 0 saturated heterocycles. The van der Waals surface area contributed by atoms with Crippen molar-refractivity contribution >= 4 is 28.4 Å². The number of nitrogens with zero attached hydrogens (tertiary/aromatic N) is 2. The van der Waals surface area contributed by atoms with Gasteiger partial charge in [0.15, 0.2) is 0 Å². The predicted octanol–water partition coefficient (Wildman–Crippen LogP) is 3.99. The molecule has 0 aliphatic carbocycles. The second-order valence-corrected chi connectivity index (χ2v) is 6.10. The standard InChI is InChI=1S/C19H19ClN2O3/c1-21(25-3)19(23)17-12-22(11-13-4-6-14(20)7-5-13)18-9-8-15(24-2)10-16(17)18/h4-10,12H,11H2,1-3H3. The van der Waals surface area contributed by atoms with Crippen LogP contribution in [0.2, 0.25) is 5.02 Å². The van der Waals surface area contributed by atoms with E-state index >= 15 is 0 Å². The maximum atomic E-state index is 12.6. The fraction of sp³-hybridized carbons (Fsp3) is 0.211. The first kappa shape index (κ1) is 17.3. The Hall–Kier alpha value is -2.50. The molecule has 0 bridgehead atoms. The van der Waals surface area contributed by atoms with E-state index in [1.807, 2.05) is 53.2 Å². The third kappa shape index (κ3) is 3.48. The highest BCUT2D eigenvalue weighted by molar-refractivity contribution is 6.30. The number of fused-ring (bicyclic) bond motifs is 1. The van der Waals surface area contributed by atoms with Gasteiger partial charge in [-0.05, 0) is 35.9 Å². The Morgan fingerprint density at radius 2 is 1.88 bits per heavy atom. The van der Waals surface area contributed by atoms with E-state index in [0.717, 1.165) is 16.5 Å². The molecule has 1 aromatic heterocycles. The second-order valence-electron chi connectivity index (χ2n) is 5.67. The Balaban J connectivity index is 2.09. The molecule has 6 heteroatoms. The minimum absolute atomic E-state index is 0.212. The number of hydrogen-bond acceptors (Lipinski definition) is 3. The molecule has 130 valence electrons. The lowest BCUT2D eigenvalue weighted by Crippen LogP contribution is -2.25. The lowest BCUT2D eigenvalue weighted by molar-refractivity contribution is -0.0755. The highest BCUT2D eigenvalue weighted by atomic mass is 35.5. The predicted molar refractivity (Wildman–Crippen MR) is 98.1 cm³/mol. The first-order chi connectivity index (χ1) is 12.0. The Labute approximate surface area is 151 Å². The summed E-state index contributed by atoms with van der Waals surface area (Å²) in [5.41, 5.74) is 2.60. The molecule has 3 rings (SSSR count). The zero-order chi connectivity index (χ0) is 18.0. The number of halogens is 1. The van der Waals surface area contributed by atoms with Crippen LogP contribution in [0.3, 0.4) is 0 Å². The number of carbonyl (C=O) groups excluding carboxylic acids is 1. The molecular formula is C19H19ClN2O3. The summed E-state index contributed by atoms with van der Waals surface area (Å²) >= 11 is 5.95. The summed E-state index contributed by atoms with van der Waals surface area (Å²) in [6.45, 7) is 0.629. The maximum absolute atomic E-state index is 12.6. The zero-order valence-electron chi connectivity index (χ0n) is 14.3. The fourth-order valence-corrected chi connectivity index (χ4v) is 2.87. The summed E-state index contributed by atoms with van der Waals surface area (Å²) in [6.07, 6.45) is 1.84. The van der Waals surface area contributed by atoms with Crippen molar-refractivity contribution in [2.75, 3.05) is 21.3 Å². The summed E-state index contributed by atoms with van der Waals surface area (Å²) in [5.74, 6) is 0.487. The molecule has 0 saturated carbocycles. The number of aromatic nitrogens is 1. The molecular weight excluding hydrogens is 340 g/mol. The van der Waals surface area contributed by atoms with Crippen molar-refractivity contribution in [2.24, 2.45) is 0 Å². The summed E-state index contributed by atoms with van der Waals surface area (Å²) in [7, 11) is 4.66. The Bertz CT molecular complexity index is 903. The highest BCUT2D eigenvalue weighted by Gasteiger charge is 2.19. The van der Waals surface area contributed by atoms with Gasteiger partial charge in [-0.2, -0.15) is 0 Å². The van der Waals surface area contributed by atoms with E-state index < -0.39 is 0 Å². The number of methoxy groups -OCH3 is 1. The molecule has 3 aromatic rings. The van der Waals surface area contributed by atoms with Crippen LogP contribution in [-0.2, 0) is 11.4 Å². The zero-order valence-corrected chi connectivity index (χ0v) is 15.1. The molecule has 1 heterocycles. The summed E-state index contributed by atoms with van der Waals surface area (Å²) in [4.78, 5) is 17.7. The minimum Gasteiger partial charge on any atom is -0.497 e. The maximum Gasteiger partial charge on any atom is 0.279 e. The van der Waals surface area contributed by atoms with Gasteiger partial charge in [-0.15, -0.1) is 0 Å². The van der Waals surface area contributed by atoms with Crippen LogP contribution in [0.5, 0.6) is 5.75 Å². The number of amides is 1. The molecule has 25 heavy (non-hydrogen) atoms. The quantitative estimate of drug-likeness (QED) is 0.648. The van der Waals surface area contributed by atoms with Crippen molar-refractivity contribution in [1.82, 2.24) is 9.63 Å². The van der Waals surface area contributed by atoms with Crippen molar-refractivity contribution in [1.29, 1.82) is 0 Å². The van der Waals surface area contributed by atoms with Gasteiger partial charge in [0.05, 0.1) is 19.8 Å². The van der Waals surface area contributed by atoms with Gasteiger partial charge in [-0.3, -0.25) is 9.63 Å². The smallest absolute Gasteiger partial charge is 0.279 e. The van der Waals surface area contributed by atoms with Gasteiger partial charge in [0.25, 0.3) is 5.91 Å². The van der Waals surface area contributed by atoms with E-state index in [-0.39, 0.29) is 5.91 Å². The van der Waals surface area contributed by atoms with Crippen LogP contribution in [0.4, 0.5) is 0 Å². The van der Waals surface area contributed by atoms with Crippen LogP contribution in [0, 0.1) is 0 Å². The van der Waals surface area contributed by atoms with Gasteiger partial charge < -0.3 is 9.30 Å². The molecule has 0 N–H and O–H groups in total. The second kappa shape index (κ2) is 7.17. The van der Waals surface area contributed by atoms with E-state index in [1.54, 1.807) is 14.2 Å². The van der Waals surface area contributed by atoms with Crippen molar-refractivity contribution in [3.8, 4) is 5.75 Å². The Morgan fingerprint density at radius 1 is 1.16 bits per heavy atom. The molecule has 0 radical (unpaired) electrons. The van der Waals surface area contributed by atoms with E-state index in [2.05, 4.69) is 0 Å². The highest BCUT2D eigenvalue weighted by Crippen LogP contribution is 2.28. The monoisotopic (exact) mass is 358 g/mol. The molecule has 0 atom stereocenters. The molecule has 0 spiro atoms. The largest absolute Gasteiger partial charge is 0.497 e. The average molecular weight is 359 g/mol.